The van der Waals surface area contributed by atoms with Gasteiger partial charge in [-0.2, -0.15) is 0 Å². The molecule has 0 saturated carbocycles. The van der Waals surface area contributed by atoms with Gasteiger partial charge in [0.2, 0.25) is 0 Å². The monoisotopic (exact) mass is 552 g/mol. The van der Waals surface area contributed by atoms with Gasteiger partial charge < -0.3 is 15.4 Å². The summed E-state index contributed by atoms with van der Waals surface area (Å²) in [4.78, 5) is 31.1. The highest BCUT2D eigenvalue weighted by Gasteiger charge is 2.13. The molecule has 5 rings (SSSR count). The number of hydrogen-bond acceptors (Lipinski definition) is 4. The van der Waals surface area contributed by atoms with Crippen LogP contribution in [0.2, 0.25) is 5.02 Å². The minimum Gasteiger partial charge on any atom is -0.497 e. The lowest BCUT2D eigenvalue weighted by Gasteiger charge is -2.15. The lowest BCUT2D eigenvalue weighted by molar-refractivity contribution is 0.262. The SMILES string of the molecule is CCCc1nc2ccc(NC(=O)Nc3ccc(Cl)cc3)cc2c(=O)n1Cc1ccc(-c2cccc(OC)c2)cc1. The zero-order valence-corrected chi connectivity index (χ0v) is 23.0. The Morgan fingerprint density at radius 3 is 2.35 bits per heavy atom. The number of urea groups is 1. The molecule has 40 heavy (non-hydrogen) atoms. The van der Waals surface area contributed by atoms with E-state index in [0.717, 1.165) is 34.7 Å². The number of anilines is 2. The largest absolute Gasteiger partial charge is 0.497 e. The summed E-state index contributed by atoms with van der Waals surface area (Å²) in [7, 11) is 1.65. The number of nitrogens with zero attached hydrogens (tertiary/aromatic N) is 2. The molecule has 0 radical (unpaired) electrons. The summed E-state index contributed by atoms with van der Waals surface area (Å²) in [6.45, 7) is 2.46. The molecule has 2 amide bonds. The Hall–Kier alpha value is -4.62. The quantitative estimate of drug-likeness (QED) is 0.210. The summed E-state index contributed by atoms with van der Waals surface area (Å²) >= 11 is 5.92. The zero-order chi connectivity index (χ0) is 28.1. The van der Waals surface area contributed by atoms with E-state index in [-0.39, 0.29) is 5.56 Å². The minimum atomic E-state index is -0.423. The second kappa shape index (κ2) is 12.1. The van der Waals surface area contributed by atoms with Crippen molar-refractivity contribution in [2.45, 2.75) is 26.3 Å². The maximum absolute atomic E-state index is 13.7. The highest BCUT2D eigenvalue weighted by atomic mass is 35.5. The van der Waals surface area contributed by atoms with E-state index < -0.39 is 6.03 Å². The normalized spacial score (nSPS) is 10.9. The third-order valence-electron chi connectivity index (χ3n) is 6.56. The summed E-state index contributed by atoms with van der Waals surface area (Å²) in [5, 5.41) is 6.58. The fourth-order valence-electron chi connectivity index (χ4n) is 4.54. The van der Waals surface area contributed by atoms with Crippen LogP contribution in [-0.4, -0.2) is 22.7 Å². The van der Waals surface area contributed by atoms with Gasteiger partial charge in [0.05, 0.1) is 24.6 Å². The number of carbonyl (C=O) groups excluding carboxylic acids is 1. The molecule has 4 aromatic carbocycles. The van der Waals surface area contributed by atoms with Gasteiger partial charge in [-0.25, -0.2) is 9.78 Å². The fraction of sp³-hybridized carbons (Fsp3) is 0.156. The van der Waals surface area contributed by atoms with Crippen molar-refractivity contribution in [3.05, 3.63) is 118 Å². The second-order valence-corrected chi connectivity index (χ2v) is 9.85. The number of aromatic nitrogens is 2. The third-order valence-corrected chi connectivity index (χ3v) is 6.82. The van der Waals surface area contributed by atoms with E-state index in [1.807, 2.05) is 48.5 Å². The van der Waals surface area contributed by atoms with Crippen LogP contribution < -0.4 is 20.9 Å². The molecular weight excluding hydrogens is 524 g/mol. The van der Waals surface area contributed by atoms with Gasteiger partial charge in [-0.1, -0.05) is 54.9 Å². The van der Waals surface area contributed by atoms with E-state index >= 15 is 0 Å². The lowest BCUT2D eigenvalue weighted by Crippen LogP contribution is -2.26. The molecule has 8 heteroatoms. The van der Waals surface area contributed by atoms with E-state index in [9.17, 15) is 9.59 Å². The Morgan fingerprint density at radius 1 is 0.900 bits per heavy atom. The van der Waals surface area contributed by atoms with Gasteiger partial charge in [0.25, 0.3) is 5.56 Å². The number of amides is 2. The molecule has 0 aliphatic carbocycles. The van der Waals surface area contributed by atoms with E-state index in [1.165, 1.54) is 0 Å². The average molecular weight is 553 g/mol. The number of carbonyl (C=O) groups is 1. The maximum atomic E-state index is 13.7. The molecule has 2 N–H and O–H groups in total. The first-order chi connectivity index (χ1) is 19.4. The summed E-state index contributed by atoms with van der Waals surface area (Å²) in [5.41, 5.74) is 4.66. The van der Waals surface area contributed by atoms with Crippen LogP contribution in [0.1, 0.15) is 24.7 Å². The molecule has 0 aliphatic rings. The second-order valence-electron chi connectivity index (χ2n) is 9.42. The first kappa shape index (κ1) is 27.0. The van der Waals surface area contributed by atoms with E-state index in [2.05, 4.69) is 17.6 Å². The van der Waals surface area contributed by atoms with Crippen molar-refractivity contribution >= 4 is 39.9 Å². The molecule has 0 bridgehead atoms. The number of rotatable bonds is 8. The van der Waals surface area contributed by atoms with Crippen molar-refractivity contribution in [1.29, 1.82) is 0 Å². The van der Waals surface area contributed by atoms with Gasteiger partial charge in [0.1, 0.15) is 11.6 Å². The standard InChI is InChI=1S/C32H29ClN4O3/c1-3-5-30-36-29-17-16-26(35-32(39)34-25-14-12-24(33)13-15-25)19-28(29)31(38)37(30)20-21-8-10-22(11-9-21)23-6-4-7-27(18-23)40-2/h4,6-19H,3,5,20H2,1-2H3,(H2,34,35,39). The van der Waals surface area contributed by atoms with Crippen LogP contribution in [0.15, 0.2) is 95.8 Å². The molecule has 0 saturated heterocycles. The van der Waals surface area contributed by atoms with Crippen molar-refractivity contribution in [3.8, 4) is 16.9 Å². The molecule has 0 spiro atoms. The number of hydrogen-bond donors (Lipinski definition) is 2. The number of nitrogens with one attached hydrogen (secondary N) is 2. The Morgan fingerprint density at radius 2 is 1.62 bits per heavy atom. The Labute approximate surface area is 237 Å². The topological polar surface area (TPSA) is 85.3 Å². The van der Waals surface area contributed by atoms with Crippen molar-refractivity contribution in [3.63, 3.8) is 0 Å². The van der Waals surface area contributed by atoms with Crippen LogP contribution in [0.5, 0.6) is 5.75 Å². The number of ether oxygens (including phenoxy) is 1. The number of methoxy groups -OCH3 is 1. The number of aryl methyl sites for hydroxylation is 1. The van der Waals surface area contributed by atoms with Crippen LogP contribution >= 0.6 is 11.6 Å². The van der Waals surface area contributed by atoms with Crippen LogP contribution in [0, 0.1) is 0 Å². The minimum absolute atomic E-state index is 0.146. The van der Waals surface area contributed by atoms with Crippen LogP contribution in [0.3, 0.4) is 0 Å². The molecule has 202 valence electrons. The molecule has 1 aromatic heterocycles. The van der Waals surface area contributed by atoms with Gasteiger partial charge in [-0.15, -0.1) is 0 Å². The molecule has 0 aliphatic heterocycles. The Kier molecular flexibility index (Phi) is 8.12. The van der Waals surface area contributed by atoms with Crippen molar-refractivity contribution < 1.29 is 9.53 Å². The average Bonchev–Trinajstić information content (AvgIpc) is 2.97. The molecule has 0 fully saturated rings. The predicted octanol–water partition coefficient (Wildman–Crippen LogP) is 7.37. The summed E-state index contributed by atoms with van der Waals surface area (Å²) in [6.07, 6.45) is 1.54. The zero-order valence-electron chi connectivity index (χ0n) is 22.3. The van der Waals surface area contributed by atoms with Gasteiger partial charge in [0.15, 0.2) is 0 Å². The van der Waals surface area contributed by atoms with Crippen LogP contribution in [-0.2, 0) is 13.0 Å². The summed E-state index contributed by atoms with van der Waals surface area (Å²) in [6, 6.07) is 27.6. The molecular formula is C32H29ClN4O3. The summed E-state index contributed by atoms with van der Waals surface area (Å²) in [5.74, 6) is 1.54. The van der Waals surface area contributed by atoms with E-state index in [1.54, 1.807) is 54.1 Å². The first-order valence-electron chi connectivity index (χ1n) is 13.0. The van der Waals surface area contributed by atoms with E-state index in [4.69, 9.17) is 21.3 Å². The van der Waals surface area contributed by atoms with Gasteiger partial charge in [0, 0.05) is 22.8 Å². The smallest absolute Gasteiger partial charge is 0.323 e. The predicted molar refractivity (Wildman–Crippen MR) is 162 cm³/mol. The van der Waals surface area contributed by atoms with Gasteiger partial charge >= 0.3 is 6.03 Å². The molecule has 0 atom stereocenters. The number of benzene rings is 4. The van der Waals surface area contributed by atoms with Crippen molar-refractivity contribution in [2.24, 2.45) is 0 Å². The number of fused-ring (bicyclic) bond motifs is 1. The Balaban J connectivity index is 1.41. The first-order valence-corrected chi connectivity index (χ1v) is 13.4. The highest BCUT2D eigenvalue weighted by Crippen LogP contribution is 2.25. The number of halogens is 1. The molecule has 1 heterocycles. The highest BCUT2D eigenvalue weighted by molar-refractivity contribution is 6.30. The Bertz CT molecular complexity index is 1710. The van der Waals surface area contributed by atoms with Crippen molar-refractivity contribution in [2.75, 3.05) is 17.7 Å². The van der Waals surface area contributed by atoms with E-state index in [0.29, 0.717) is 40.3 Å². The van der Waals surface area contributed by atoms with Crippen molar-refractivity contribution in [1.82, 2.24) is 9.55 Å². The summed E-state index contributed by atoms with van der Waals surface area (Å²) < 4.78 is 7.07. The molecule has 7 nitrogen and oxygen atoms in total. The van der Waals surface area contributed by atoms with Gasteiger partial charge in [-0.05, 0) is 77.7 Å². The maximum Gasteiger partial charge on any atom is 0.323 e. The van der Waals surface area contributed by atoms with Crippen LogP contribution in [0.25, 0.3) is 22.0 Å². The van der Waals surface area contributed by atoms with Gasteiger partial charge in [-0.3, -0.25) is 9.36 Å². The lowest BCUT2D eigenvalue weighted by atomic mass is 10.0. The third kappa shape index (κ3) is 6.16. The van der Waals surface area contributed by atoms with Crippen LogP contribution in [0.4, 0.5) is 16.2 Å². The molecule has 5 aromatic rings. The molecule has 0 unspecified atom stereocenters. The fourth-order valence-corrected chi connectivity index (χ4v) is 4.66.